The highest BCUT2D eigenvalue weighted by atomic mass is 19.1. The number of anilines is 1. The van der Waals surface area contributed by atoms with Crippen LogP contribution in [0.1, 0.15) is 20.8 Å². The number of amides is 1. The van der Waals surface area contributed by atoms with E-state index >= 15 is 0 Å². The summed E-state index contributed by atoms with van der Waals surface area (Å²) in [7, 11) is 0. The van der Waals surface area contributed by atoms with E-state index in [1.165, 1.54) is 24.3 Å². The Bertz CT molecular complexity index is 739. The van der Waals surface area contributed by atoms with Crippen molar-refractivity contribution in [3.63, 3.8) is 0 Å². The van der Waals surface area contributed by atoms with Gasteiger partial charge in [0.05, 0.1) is 5.56 Å². The Kier molecular flexibility index (Phi) is 3.60. The van der Waals surface area contributed by atoms with E-state index in [0.29, 0.717) is 0 Å². The molecule has 3 N–H and O–H groups in total. The monoisotopic (exact) mass is 276 g/mol. The van der Waals surface area contributed by atoms with E-state index in [9.17, 15) is 18.8 Å². The summed E-state index contributed by atoms with van der Waals surface area (Å²) in [5, 5.41) is 11.1. The van der Waals surface area contributed by atoms with Gasteiger partial charge >= 0.3 is 5.97 Å². The number of carboxylic acid groups (broad SMARTS) is 1. The van der Waals surface area contributed by atoms with Gasteiger partial charge in [-0.15, -0.1) is 0 Å². The molecule has 6 nitrogen and oxygen atoms in total. The van der Waals surface area contributed by atoms with Gasteiger partial charge in [0.25, 0.3) is 5.91 Å². The van der Waals surface area contributed by atoms with E-state index in [-0.39, 0.29) is 11.4 Å². The first kappa shape index (κ1) is 13.5. The summed E-state index contributed by atoms with van der Waals surface area (Å²) in [6.45, 7) is 0. The van der Waals surface area contributed by atoms with Crippen LogP contribution in [0.3, 0.4) is 0 Å². The Hall–Kier alpha value is -2.96. The van der Waals surface area contributed by atoms with Crippen LogP contribution in [-0.4, -0.2) is 22.0 Å². The third-order valence-corrected chi connectivity index (χ3v) is 2.47. The number of aromatic carboxylic acids is 1. The highest BCUT2D eigenvalue weighted by molar-refractivity contribution is 6.03. The number of pyridine rings is 1. The molecule has 0 spiro atoms. The number of carbonyl (C=O) groups is 2. The van der Waals surface area contributed by atoms with E-state index in [2.05, 4.69) is 10.3 Å². The predicted molar refractivity (Wildman–Crippen MR) is 68.4 cm³/mol. The Balaban J connectivity index is 2.26. The zero-order valence-electron chi connectivity index (χ0n) is 10.0. The van der Waals surface area contributed by atoms with Gasteiger partial charge in [-0.2, -0.15) is 0 Å². The molecule has 2 aromatic rings. The standard InChI is InChI=1S/C13H9FN2O4/c14-9-5-4-7(6-8(9)13(19)20)15-12(18)10-2-1-3-11(17)16-10/h1-6H,(H,15,18)(H,16,17)(H,19,20). The minimum Gasteiger partial charge on any atom is -0.478 e. The van der Waals surface area contributed by atoms with Gasteiger partial charge in [0.2, 0.25) is 5.56 Å². The third-order valence-electron chi connectivity index (χ3n) is 2.47. The second-order valence-electron chi connectivity index (χ2n) is 3.88. The first-order chi connectivity index (χ1) is 9.47. The maximum Gasteiger partial charge on any atom is 0.338 e. The Morgan fingerprint density at radius 1 is 1.20 bits per heavy atom. The minimum absolute atomic E-state index is 0.0127. The van der Waals surface area contributed by atoms with Crippen LogP contribution in [0.5, 0.6) is 0 Å². The molecule has 0 aliphatic carbocycles. The van der Waals surface area contributed by atoms with Crippen molar-refractivity contribution in [2.45, 2.75) is 0 Å². The van der Waals surface area contributed by atoms with Gasteiger partial charge in [-0.1, -0.05) is 6.07 Å². The topological polar surface area (TPSA) is 99.3 Å². The molecule has 0 atom stereocenters. The summed E-state index contributed by atoms with van der Waals surface area (Å²) in [5.41, 5.74) is -0.871. The van der Waals surface area contributed by atoms with Crippen LogP contribution in [0.2, 0.25) is 0 Å². The lowest BCUT2D eigenvalue weighted by molar-refractivity contribution is 0.0691. The van der Waals surface area contributed by atoms with Crippen molar-refractivity contribution >= 4 is 17.6 Å². The van der Waals surface area contributed by atoms with Gasteiger partial charge < -0.3 is 15.4 Å². The van der Waals surface area contributed by atoms with Gasteiger partial charge in [0, 0.05) is 11.8 Å². The number of nitrogens with one attached hydrogen (secondary N) is 2. The maximum absolute atomic E-state index is 13.2. The molecule has 1 amide bonds. The molecule has 7 heteroatoms. The molecule has 0 fully saturated rings. The molecule has 0 radical (unpaired) electrons. The summed E-state index contributed by atoms with van der Waals surface area (Å²) >= 11 is 0. The molecular formula is C13H9FN2O4. The normalized spacial score (nSPS) is 10.1. The van der Waals surface area contributed by atoms with Crippen molar-refractivity contribution in [3.8, 4) is 0 Å². The highest BCUT2D eigenvalue weighted by Gasteiger charge is 2.13. The summed E-state index contributed by atoms with van der Waals surface area (Å²) in [6, 6.07) is 7.20. The Morgan fingerprint density at radius 2 is 1.95 bits per heavy atom. The summed E-state index contributed by atoms with van der Waals surface area (Å²) in [4.78, 5) is 36.0. The van der Waals surface area contributed by atoms with Crippen LogP contribution < -0.4 is 10.9 Å². The molecule has 0 saturated heterocycles. The van der Waals surface area contributed by atoms with Gasteiger partial charge in [-0.3, -0.25) is 9.59 Å². The van der Waals surface area contributed by atoms with Crippen LogP contribution in [0, 0.1) is 5.82 Å². The number of hydrogen-bond acceptors (Lipinski definition) is 3. The number of H-pyrrole nitrogens is 1. The fraction of sp³-hybridized carbons (Fsp3) is 0. The first-order valence-corrected chi connectivity index (χ1v) is 5.51. The summed E-state index contributed by atoms with van der Waals surface area (Å²) < 4.78 is 13.2. The fourth-order valence-electron chi connectivity index (χ4n) is 1.55. The molecule has 1 aromatic heterocycles. The van der Waals surface area contributed by atoms with Crippen molar-refractivity contribution in [3.05, 3.63) is 63.8 Å². The Labute approximate surface area is 111 Å². The first-order valence-electron chi connectivity index (χ1n) is 5.51. The number of benzene rings is 1. The van der Waals surface area contributed by atoms with E-state index in [4.69, 9.17) is 5.11 Å². The van der Waals surface area contributed by atoms with E-state index in [1.807, 2.05) is 0 Å². The number of hydrogen-bond donors (Lipinski definition) is 3. The lowest BCUT2D eigenvalue weighted by Gasteiger charge is -2.06. The molecule has 0 saturated carbocycles. The smallest absolute Gasteiger partial charge is 0.338 e. The Morgan fingerprint density at radius 3 is 2.60 bits per heavy atom. The third kappa shape index (κ3) is 2.89. The number of halogens is 1. The maximum atomic E-state index is 13.2. The summed E-state index contributed by atoms with van der Waals surface area (Å²) in [5.74, 6) is -2.97. The molecule has 0 aliphatic rings. The number of carboxylic acids is 1. The van der Waals surface area contributed by atoms with Gasteiger partial charge in [-0.25, -0.2) is 9.18 Å². The highest BCUT2D eigenvalue weighted by Crippen LogP contribution is 2.15. The van der Waals surface area contributed by atoms with Gasteiger partial charge in [0.1, 0.15) is 11.5 Å². The molecule has 1 aromatic carbocycles. The largest absolute Gasteiger partial charge is 0.478 e. The molecule has 102 valence electrons. The number of aromatic nitrogens is 1. The molecule has 1 heterocycles. The molecule has 20 heavy (non-hydrogen) atoms. The molecule has 0 aliphatic heterocycles. The SMILES string of the molecule is O=C(Nc1ccc(F)c(C(=O)O)c1)c1cccc(=O)[nH]1. The number of aromatic amines is 1. The summed E-state index contributed by atoms with van der Waals surface area (Å²) in [6.07, 6.45) is 0. The van der Waals surface area contributed by atoms with Crippen molar-refractivity contribution in [2.24, 2.45) is 0 Å². The van der Waals surface area contributed by atoms with Crippen molar-refractivity contribution < 1.29 is 19.1 Å². The quantitative estimate of drug-likeness (QED) is 0.790. The minimum atomic E-state index is -1.44. The van der Waals surface area contributed by atoms with Crippen molar-refractivity contribution in [1.82, 2.24) is 4.98 Å². The van der Waals surface area contributed by atoms with E-state index in [1.54, 1.807) is 0 Å². The van der Waals surface area contributed by atoms with E-state index < -0.39 is 28.8 Å². The van der Waals surface area contributed by atoms with Crippen LogP contribution in [0.4, 0.5) is 10.1 Å². The molecule has 2 rings (SSSR count). The zero-order valence-corrected chi connectivity index (χ0v) is 10.0. The average Bonchev–Trinajstić information content (AvgIpc) is 2.40. The van der Waals surface area contributed by atoms with Crippen molar-refractivity contribution in [2.75, 3.05) is 5.32 Å². The van der Waals surface area contributed by atoms with Gasteiger partial charge in [0.15, 0.2) is 0 Å². The van der Waals surface area contributed by atoms with Crippen molar-refractivity contribution in [1.29, 1.82) is 0 Å². The van der Waals surface area contributed by atoms with Crippen LogP contribution in [-0.2, 0) is 0 Å². The second-order valence-corrected chi connectivity index (χ2v) is 3.88. The number of carbonyl (C=O) groups excluding carboxylic acids is 1. The van der Waals surface area contributed by atoms with Gasteiger partial charge in [-0.05, 0) is 24.3 Å². The lowest BCUT2D eigenvalue weighted by Crippen LogP contribution is -2.18. The molecule has 0 unspecified atom stereocenters. The average molecular weight is 276 g/mol. The van der Waals surface area contributed by atoms with Crippen LogP contribution in [0.15, 0.2) is 41.2 Å². The van der Waals surface area contributed by atoms with Crippen LogP contribution in [0.25, 0.3) is 0 Å². The zero-order chi connectivity index (χ0) is 14.7. The molecular weight excluding hydrogens is 267 g/mol. The van der Waals surface area contributed by atoms with Crippen LogP contribution >= 0.6 is 0 Å². The van der Waals surface area contributed by atoms with E-state index in [0.717, 1.165) is 12.1 Å². The lowest BCUT2D eigenvalue weighted by atomic mass is 10.2. The second kappa shape index (κ2) is 5.35. The number of rotatable bonds is 3. The molecule has 0 bridgehead atoms. The fourth-order valence-corrected chi connectivity index (χ4v) is 1.55. The predicted octanol–water partition coefficient (Wildman–Crippen LogP) is 1.46.